The third kappa shape index (κ3) is 6.60. The molecule has 9 heteroatoms. The molecule has 0 saturated carbocycles. The van der Waals surface area contributed by atoms with E-state index in [1.54, 1.807) is 31.4 Å². The molecule has 1 N–H and O–H groups in total. The van der Waals surface area contributed by atoms with Crippen LogP contribution < -0.4 is 10.1 Å². The Bertz CT molecular complexity index is 1080. The Labute approximate surface area is 203 Å². The lowest BCUT2D eigenvalue weighted by Crippen LogP contribution is -2.39. The number of hydrogen-bond acceptors (Lipinski definition) is 7. The van der Waals surface area contributed by atoms with Gasteiger partial charge in [-0.25, -0.2) is 0 Å². The van der Waals surface area contributed by atoms with Crippen LogP contribution in [0.5, 0.6) is 5.75 Å². The van der Waals surface area contributed by atoms with E-state index in [0.717, 1.165) is 32.4 Å². The van der Waals surface area contributed by atoms with Crippen LogP contribution in [-0.2, 0) is 17.8 Å². The molecule has 2 heterocycles. The number of rotatable bonds is 9. The molecule has 4 rings (SSSR count). The Morgan fingerprint density at radius 3 is 2.53 bits per heavy atom. The molecular formula is C25H28N4O4S. The van der Waals surface area contributed by atoms with Crippen molar-refractivity contribution in [2.45, 2.75) is 31.0 Å². The van der Waals surface area contributed by atoms with Crippen molar-refractivity contribution < 1.29 is 18.7 Å². The highest BCUT2D eigenvalue weighted by molar-refractivity contribution is 7.99. The maximum Gasteiger partial charge on any atom is 0.277 e. The minimum absolute atomic E-state index is 0.0794. The molecular weight excluding hydrogens is 452 g/mol. The van der Waals surface area contributed by atoms with Crippen molar-refractivity contribution in [2.24, 2.45) is 5.92 Å². The van der Waals surface area contributed by atoms with Gasteiger partial charge in [0.2, 0.25) is 11.8 Å². The first-order chi connectivity index (χ1) is 16.6. The van der Waals surface area contributed by atoms with Gasteiger partial charge in [0.05, 0.1) is 19.4 Å². The lowest BCUT2D eigenvalue weighted by Gasteiger charge is -2.32. The predicted octanol–water partition coefficient (Wildman–Crippen LogP) is 3.58. The molecule has 1 aliphatic rings. The zero-order valence-electron chi connectivity index (χ0n) is 19.1. The fourth-order valence-corrected chi connectivity index (χ4v) is 4.60. The summed E-state index contributed by atoms with van der Waals surface area (Å²) in [6, 6.07) is 17.3. The molecule has 8 nitrogen and oxygen atoms in total. The molecule has 0 radical (unpaired) electrons. The molecule has 2 aromatic carbocycles. The number of likely N-dealkylation sites (tertiary alicyclic amines) is 1. The first-order valence-electron chi connectivity index (χ1n) is 11.3. The molecule has 0 atom stereocenters. The number of aromatic nitrogens is 2. The Balaban J connectivity index is 1.17. The number of benzene rings is 2. The van der Waals surface area contributed by atoms with E-state index in [1.807, 2.05) is 11.0 Å². The number of ether oxygens (including phenoxy) is 1. The smallest absolute Gasteiger partial charge is 0.277 e. The van der Waals surface area contributed by atoms with Crippen molar-refractivity contribution in [3.8, 4) is 5.75 Å². The maximum atomic E-state index is 12.6. The molecule has 178 valence electrons. The minimum Gasteiger partial charge on any atom is -0.497 e. The van der Waals surface area contributed by atoms with Gasteiger partial charge in [0, 0.05) is 18.7 Å². The summed E-state index contributed by atoms with van der Waals surface area (Å²) in [5.74, 6) is 1.67. The molecule has 34 heavy (non-hydrogen) atoms. The molecule has 1 aromatic heterocycles. The van der Waals surface area contributed by atoms with Gasteiger partial charge in [-0.05, 0) is 55.0 Å². The summed E-state index contributed by atoms with van der Waals surface area (Å²) < 4.78 is 10.7. The van der Waals surface area contributed by atoms with Gasteiger partial charge >= 0.3 is 0 Å². The van der Waals surface area contributed by atoms with E-state index in [2.05, 4.69) is 39.8 Å². The van der Waals surface area contributed by atoms with Crippen LogP contribution in [0.1, 0.15) is 34.7 Å². The number of hydrogen-bond donors (Lipinski definition) is 1. The number of carbonyl (C=O) groups is 2. The molecule has 2 amide bonds. The lowest BCUT2D eigenvalue weighted by molar-refractivity contribution is -0.129. The van der Waals surface area contributed by atoms with Crippen molar-refractivity contribution in [1.29, 1.82) is 0 Å². The zero-order valence-corrected chi connectivity index (χ0v) is 19.9. The quantitative estimate of drug-likeness (QED) is 0.468. The summed E-state index contributed by atoms with van der Waals surface area (Å²) in [4.78, 5) is 26.8. The minimum atomic E-state index is -0.249. The number of nitrogens with one attached hydrogen (secondary N) is 1. The zero-order chi connectivity index (χ0) is 23.8. The van der Waals surface area contributed by atoms with Gasteiger partial charge in [-0.15, -0.1) is 10.2 Å². The monoisotopic (exact) mass is 480 g/mol. The summed E-state index contributed by atoms with van der Waals surface area (Å²) in [5, 5.41) is 11.0. The van der Waals surface area contributed by atoms with E-state index in [1.165, 1.54) is 17.3 Å². The number of carbonyl (C=O) groups excluding carboxylic acids is 2. The standard InChI is InChI=1S/C25H28N4O4S/c1-32-21-9-7-20(8-10-21)24(31)26-16-22-27-28-25(33-22)34-17-23(30)29-13-11-19(12-14-29)15-18-5-3-2-4-6-18/h2-10,19H,11-17H2,1H3,(H,26,31). The third-order valence-electron chi connectivity index (χ3n) is 5.85. The highest BCUT2D eigenvalue weighted by Crippen LogP contribution is 2.23. The molecule has 0 bridgehead atoms. The number of methoxy groups -OCH3 is 1. The summed E-state index contributed by atoms with van der Waals surface area (Å²) in [7, 11) is 1.57. The van der Waals surface area contributed by atoms with Gasteiger partial charge in [0.25, 0.3) is 11.1 Å². The van der Waals surface area contributed by atoms with Crippen molar-refractivity contribution in [1.82, 2.24) is 20.4 Å². The van der Waals surface area contributed by atoms with Crippen molar-refractivity contribution >= 4 is 23.6 Å². The van der Waals surface area contributed by atoms with Crippen molar-refractivity contribution in [3.05, 3.63) is 71.6 Å². The fraction of sp³-hybridized carbons (Fsp3) is 0.360. The summed E-state index contributed by atoms with van der Waals surface area (Å²) >= 11 is 1.22. The number of nitrogens with zero attached hydrogens (tertiary/aromatic N) is 3. The van der Waals surface area contributed by atoms with Gasteiger partial charge in [-0.1, -0.05) is 42.1 Å². The largest absolute Gasteiger partial charge is 0.497 e. The van der Waals surface area contributed by atoms with Crippen LogP contribution in [0.3, 0.4) is 0 Å². The third-order valence-corrected chi connectivity index (χ3v) is 6.66. The van der Waals surface area contributed by atoms with Crippen molar-refractivity contribution in [2.75, 3.05) is 26.0 Å². The summed E-state index contributed by atoms with van der Waals surface area (Å²) in [6.07, 6.45) is 3.10. The average Bonchev–Trinajstić information content (AvgIpc) is 3.35. The normalized spacial score (nSPS) is 14.1. The Morgan fingerprint density at radius 1 is 1.09 bits per heavy atom. The second-order valence-electron chi connectivity index (χ2n) is 8.18. The summed E-state index contributed by atoms with van der Waals surface area (Å²) in [6.45, 7) is 1.67. The first-order valence-corrected chi connectivity index (χ1v) is 12.3. The SMILES string of the molecule is COc1ccc(C(=O)NCc2nnc(SCC(=O)N3CCC(Cc4ccccc4)CC3)o2)cc1. The fourth-order valence-electron chi connectivity index (χ4n) is 3.92. The van der Waals surface area contributed by atoms with Gasteiger partial charge in [-0.2, -0.15) is 0 Å². The molecule has 0 unspecified atom stereocenters. The van der Waals surface area contributed by atoms with Gasteiger partial charge < -0.3 is 19.4 Å². The number of amides is 2. The van der Waals surface area contributed by atoms with E-state index in [-0.39, 0.29) is 24.1 Å². The average molecular weight is 481 g/mol. The molecule has 1 saturated heterocycles. The second-order valence-corrected chi connectivity index (χ2v) is 9.10. The van der Waals surface area contributed by atoms with Gasteiger partial charge in [0.15, 0.2) is 0 Å². The number of piperidine rings is 1. The Hall–Kier alpha value is -3.33. The van der Waals surface area contributed by atoms with Gasteiger partial charge in [0.1, 0.15) is 5.75 Å². The topological polar surface area (TPSA) is 97.6 Å². The van der Waals surface area contributed by atoms with Crippen LogP contribution in [0, 0.1) is 5.92 Å². The van der Waals surface area contributed by atoms with Crippen LogP contribution in [0.2, 0.25) is 0 Å². The number of thioether (sulfide) groups is 1. The van der Waals surface area contributed by atoms with Crippen LogP contribution in [0.25, 0.3) is 0 Å². The van der Waals surface area contributed by atoms with Crippen LogP contribution in [-0.4, -0.2) is 52.9 Å². The molecule has 1 aliphatic heterocycles. The first kappa shape index (κ1) is 23.8. The van der Waals surface area contributed by atoms with E-state index in [4.69, 9.17) is 9.15 Å². The van der Waals surface area contributed by atoms with Crippen LogP contribution in [0.4, 0.5) is 0 Å². The highest BCUT2D eigenvalue weighted by atomic mass is 32.2. The predicted molar refractivity (Wildman–Crippen MR) is 129 cm³/mol. The Kier molecular flexibility index (Phi) is 8.19. The second kappa shape index (κ2) is 11.7. The molecule has 0 aliphatic carbocycles. The molecule has 3 aromatic rings. The maximum absolute atomic E-state index is 12.6. The van der Waals surface area contributed by atoms with Gasteiger partial charge in [-0.3, -0.25) is 9.59 Å². The van der Waals surface area contributed by atoms with Crippen molar-refractivity contribution in [3.63, 3.8) is 0 Å². The van der Waals surface area contributed by atoms with E-state index in [9.17, 15) is 9.59 Å². The Morgan fingerprint density at radius 2 is 1.82 bits per heavy atom. The van der Waals surface area contributed by atoms with E-state index < -0.39 is 0 Å². The molecule has 0 spiro atoms. The summed E-state index contributed by atoms with van der Waals surface area (Å²) in [5.41, 5.74) is 1.86. The molecule has 1 fully saturated rings. The van der Waals surface area contributed by atoms with Crippen LogP contribution in [0.15, 0.2) is 64.2 Å². The highest BCUT2D eigenvalue weighted by Gasteiger charge is 2.23. The van der Waals surface area contributed by atoms with Crippen LogP contribution >= 0.6 is 11.8 Å². The lowest BCUT2D eigenvalue weighted by atomic mass is 9.90. The van der Waals surface area contributed by atoms with E-state index in [0.29, 0.717) is 28.3 Å². The van der Waals surface area contributed by atoms with E-state index >= 15 is 0 Å².